The van der Waals surface area contributed by atoms with Crippen molar-refractivity contribution >= 4 is 17.9 Å². The summed E-state index contributed by atoms with van der Waals surface area (Å²) in [5.41, 5.74) is 0. The first kappa shape index (κ1) is 53.1. The normalized spacial score (nSPS) is 13.0. The van der Waals surface area contributed by atoms with Crippen molar-refractivity contribution < 1.29 is 38.2 Å². The van der Waals surface area contributed by atoms with E-state index >= 15 is 0 Å². The number of nitrogens with zero attached hydrogens (tertiary/aromatic N) is 1. The number of likely N-dealkylation sites (N-methyl/N-ethyl adjacent to an activating group) is 1. The third-order valence-corrected chi connectivity index (χ3v) is 10.7. The summed E-state index contributed by atoms with van der Waals surface area (Å²) in [7, 11) is 5.53. The Morgan fingerprint density at radius 2 is 0.909 bits per heavy atom. The number of hydrogen-bond acceptors (Lipinski definition) is 6. The smallest absolute Gasteiger partial charge is 0.362 e. The van der Waals surface area contributed by atoms with Gasteiger partial charge in [0.1, 0.15) is 6.61 Å². The summed E-state index contributed by atoms with van der Waals surface area (Å²) < 4.78 is 17.3. The zero-order chi connectivity index (χ0) is 40.7. The SMILES string of the molecule is CCCCCCCCCC/C=C/CCCCCCCCCC(=O)OC(COCCC(C(=O)O)[N+](C)(C)C)COC(=O)CCCCCCCCCCCCCC. The number of carboxylic acid groups (broad SMARTS) is 1. The van der Waals surface area contributed by atoms with E-state index in [0.717, 1.165) is 38.5 Å². The maximum absolute atomic E-state index is 12.7. The Morgan fingerprint density at radius 3 is 1.31 bits per heavy atom. The quantitative estimate of drug-likeness (QED) is 0.0285. The van der Waals surface area contributed by atoms with Crippen LogP contribution in [0.2, 0.25) is 0 Å². The Morgan fingerprint density at radius 1 is 0.527 bits per heavy atom. The van der Waals surface area contributed by atoms with Crippen LogP contribution in [0.5, 0.6) is 0 Å². The molecule has 0 aromatic heterocycles. The molecule has 0 rings (SSSR count). The number of rotatable bonds is 42. The van der Waals surface area contributed by atoms with Crippen molar-refractivity contribution in [2.24, 2.45) is 0 Å². The van der Waals surface area contributed by atoms with E-state index in [2.05, 4.69) is 26.0 Å². The average Bonchev–Trinajstić information content (AvgIpc) is 3.14. The van der Waals surface area contributed by atoms with Gasteiger partial charge < -0.3 is 23.8 Å². The van der Waals surface area contributed by atoms with Gasteiger partial charge in [-0.2, -0.15) is 0 Å². The summed E-state index contributed by atoms with van der Waals surface area (Å²) in [4.78, 5) is 37.0. The van der Waals surface area contributed by atoms with E-state index in [0.29, 0.717) is 19.3 Å². The number of carboxylic acids is 1. The van der Waals surface area contributed by atoms with Gasteiger partial charge in [0.2, 0.25) is 0 Å². The van der Waals surface area contributed by atoms with Gasteiger partial charge in [-0.1, -0.05) is 174 Å². The summed E-state index contributed by atoms with van der Waals surface area (Å²) >= 11 is 0. The Kier molecular flexibility index (Phi) is 37.6. The van der Waals surface area contributed by atoms with Crippen LogP contribution in [0.4, 0.5) is 0 Å². The van der Waals surface area contributed by atoms with Crippen LogP contribution in [0.3, 0.4) is 0 Å². The van der Waals surface area contributed by atoms with Gasteiger partial charge in [-0.05, 0) is 38.5 Å². The maximum atomic E-state index is 12.7. The van der Waals surface area contributed by atoms with Gasteiger partial charge in [0.05, 0.1) is 34.4 Å². The van der Waals surface area contributed by atoms with Crippen LogP contribution in [0.15, 0.2) is 12.2 Å². The number of carbonyl (C=O) groups excluding carboxylic acids is 2. The van der Waals surface area contributed by atoms with Crippen molar-refractivity contribution in [3.63, 3.8) is 0 Å². The molecule has 0 bridgehead atoms. The zero-order valence-corrected chi connectivity index (χ0v) is 36.9. The van der Waals surface area contributed by atoms with Gasteiger partial charge in [0.25, 0.3) is 0 Å². The second-order valence-electron chi connectivity index (χ2n) is 17.0. The van der Waals surface area contributed by atoms with Crippen LogP contribution in [-0.4, -0.2) is 80.6 Å². The predicted molar refractivity (Wildman–Crippen MR) is 229 cm³/mol. The topological polar surface area (TPSA) is 99.1 Å². The number of hydrogen-bond donors (Lipinski definition) is 1. The van der Waals surface area contributed by atoms with Crippen LogP contribution in [-0.2, 0) is 28.6 Å². The first-order valence-electron chi connectivity index (χ1n) is 23.2. The maximum Gasteiger partial charge on any atom is 0.362 e. The summed E-state index contributed by atoms with van der Waals surface area (Å²) in [6, 6.07) is -0.611. The molecule has 0 aliphatic heterocycles. The highest BCUT2D eigenvalue weighted by molar-refractivity contribution is 5.72. The van der Waals surface area contributed by atoms with Gasteiger partial charge in [-0.15, -0.1) is 0 Å². The number of unbranched alkanes of at least 4 members (excludes halogenated alkanes) is 26. The predicted octanol–water partition coefficient (Wildman–Crippen LogP) is 12.7. The molecule has 0 aliphatic carbocycles. The summed E-state index contributed by atoms with van der Waals surface area (Å²) in [5, 5.41) is 9.62. The molecule has 2 atom stereocenters. The minimum atomic E-state index is -0.873. The lowest BCUT2D eigenvalue weighted by atomic mass is 10.0. The molecule has 2 unspecified atom stereocenters. The molecule has 0 fully saturated rings. The van der Waals surface area contributed by atoms with Crippen molar-refractivity contribution in [2.75, 3.05) is 41.0 Å². The highest BCUT2D eigenvalue weighted by Crippen LogP contribution is 2.15. The van der Waals surface area contributed by atoms with Gasteiger partial charge in [0, 0.05) is 19.3 Å². The van der Waals surface area contributed by atoms with Gasteiger partial charge >= 0.3 is 17.9 Å². The van der Waals surface area contributed by atoms with Crippen molar-refractivity contribution in [2.45, 2.75) is 231 Å². The standard InChI is InChI=1S/C47H89NO7/c1-6-8-10-12-14-16-18-20-21-22-23-24-25-26-28-30-32-34-36-38-46(50)55-43(41-53-40-39-44(47(51)52)48(3,4)5)42-54-45(49)37-35-33-31-29-27-19-17-15-13-11-9-7-2/h22-23,43-44H,6-21,24-42H2,1-5H3/p+1/b23-22+. The van der Waals surface area contributed by atoms with E-state index in [9.17, 15) is 19.5 Å². The molecule has 8 nitrogen and oxygen atoms in total. The van der Waals surface area contributed by atoms with Crippen LogP contribution >= 0.6 is 0 Å². The summed E-state index contributed by atoms with van der Waals surface area (Å²) in [6.45, 7) is 4.75. The lowest BCUT2D eigenvalue weighted by molar-refractivity contribution is -0.887. The molecule has 0 radical (unpaired) electrons. The van der Waals surface area contributed by atoms with E-state index in [1.54, 1.807) is 0 Å². The molecule has 0 saturated heterocycles. The second kappa shape index (κ2) is 38.9. The van der Waals surface area contributed by atoms with E-state index in [4.69, 9.17) is 14.2 Å². The molecule has 1 N–H and O–H groups in total. The molecule has 0 saturated carbocycles. The van der Waals surface area contributed by atoms with Crippen LogP contribution < -0.4 is 0 Å². The zero-order valence-electron chi connectivity index (χ0n) is 36.9. The number of aliphatic carboxylic acids is 1. The Labute approximate surface area is 339 Å². The van der Waals surface area contributed by atoms with E-state index < -0.39 is 18.1 Å². The Bertz CT molecular complexity index is 915. The van der Waals surface area contributed by atoms with Crippen molar-refractivity contribution in [3.8, 4) is 0 Å². The van der Waals surface area contributed by atoms with Gasteiger partial charge in [0.15, 0.2) is 12.1 Å². The van der Waals surface area contributed by atoms with Gasteiger partial charge in [-0.3, -0.25) is 9.59 Å². The number of carbonyl (C=O) groups is 3. The minimum Gasteiger partial charge on any atom is -0.477 e. The Hall–Kier alpha value is -1.93. The fraction of sp³-hybridized carbons (Fsp3) is 0.894. The minimum absolute atomic E-state index is 0.0467. The monoisotopic (exact) mass is 781 g/mol. The molecule has 0 aliphatic rings. The highest BCUT2D eigenvalue weighted by Gasteiger charge is 2.31. The number of ether oxygens (including phenoxy) is 3. The van der Waals surface area contributed by atoms with Crippen molar-refractivity contribution in [3.05, 3.63) is 12.2 Å². The fourth-order valence-electron chi connectivity index (χ4n) is 7.03. The lowest BCUT2D eigenvalue weighted by Gasteiger charge is -2.31. The summed E-state index contributed by atoms with van der Waals surface area (Å²) in [5.74, 6) is -1.46. The fourth-order valence-corrected chi connectivity index (χ4v) is 7.03. The van der Waals surface area contributed by atoms with Crippen molar-refractivity contribution in [1.29, 1.82) is 0 Å². The van der Waals surface area contributed by atoms with Crippen LogP contribution in [0.1, 0.15) is 219 Å². The number of esters is 2. The number of quaternary nitrogens is 1. The number of allylic oxidation sites excluding steroid dienone is 2. The molecule has 0 aromatic rings. The molecule has 0 heterocycles. The summed E-state index contributed by atoms with van der Waals surface area (Å²) in [6.07, 6.45) is 41.1. The molecule has 0 amide bonds. The van der Waals surface area contributed by atoms with E-state index in [1.807, 2.05) is 21.1 Å². The third kappa shape index (κ3) is 37.4. The molecule has 55 heavy (non-hydrogen) atoms. The van der Waals surface area contributed by atoms with Crippen molar-refractivity contribution in [1.82, 2.24) is 0 Å². The average molecular weight is 781 g/mol. The molecular formula is C47H90NO7+. The molecule has 324 valence electrons. The molecule has 0 spiro atoms. The van der Waals surface area contributed by atoms with Crippen LogP contribution in [0.25, 0.3) is 0 Å². The van der Waals surface area contributed by atoms with E-state index in [1.165, 1.54) is 148 Å². The van der Waals surface area contributed by atoms with Gasteiger partial charge in [-0.25, -0.2) is 4.79 Å². The largest absolute Gasteiger partial charge is 0.477 e. The molecular weight excluding hydrogens is 691 g/mol. The molecule has 8 heteroatoms. The second-order valence-corrected chi connectivity index (χ2v) is 17.0. The first-order valence-corrected chi connectivity index (χ1v) is 23.2. The lowest BCUT2D eigenvalue weighted by Crippen LogP contribution is -2.50. The Balaban J connectivity index is 4.27. The highest BCUT2D eigenvalue weighted by atomic mass is 16.6. The molecule has 0 aromatic carbocycles. The van der Waals surface area contributed by atoms with E-state index in [-0.39, 0.29) is 36.2 Å². The first-order chi connectivity index (χ1) is 26.6. The van der Waals surface area contributed by atoms with Crippen LogP contribution in [0, 0.1) is 0 Å². The third-order valence-electron chi connectivity index (χ3n) is 10.7.